The first-order valence-electron chi connectivity index (χ1n) is 12.6. The third-order valence-electron chi connectivity index (χ3n) is 6.67. The van der Waals surface area contributed by atoms with E-state index >= 15 is 0 Å². The molecule has 3 aliphatic heterocycles. The zero-order valence-electron chi connectivity index (χ0n) is 21.4. The summed E-state index contributed by atoms with van der Waals surface area (Å²) in [5, 5.41) is 0. The molecule has 3 heterocycles. The third kappa shape index (κ3) is 7.06. The Bertz CT molecular complexity index is 709. The van der Waals surface area contributed by atoms with Crippen LogP contribution >= 0.6 is 0 Å². The quantitative estimate of drug-likeness (QED) is 0.289. The first kappa shape index (κ1) is 26.7. The molecule has 6 unspecified atom stereocenters. The molecule has 0 saturated carbocycles. The minimum absolute atomic E-state index is 0.184. The average molecular weight is 460 g/mol. The van der Waals surface area contributed by atoms with Crippen molar-refractivity contribution in [2.24, 2.45) is 0 Å². The maximum Gasteiger partial charge on any atom is 0.457 e. The van der Waals surface area contributed by atoms with Gasteiger partial charge in [0.2, 0.25) is 0 Å². The summed E-state index contributed by atoms with van der Waals surface area (Å²) >= 11 is 0. The number of hydrogen-bond donors (Lipinski definition) is 0. The van der Waals surface area contributed by atoms with E-state index in [1.165, 1.54) is 11.1 Å². The van der Waals surface area contributed by atoms with Crippen LogP contribution in [0, 0.1) is 0 Å². The molecule has 3 fully saturated rings. The van der Waals surface area contributed by atoms with Crippen molar-refractivity contribution in [1.29, 1.82) is 0 Å². The molecular formula is C25H42B2O6. The maximum atomic E-state index is 6.51. The van der Waals surface area contributed by atoms with Crippen LogP contribution < -0.4 is 0 Å². The van der Waals surface area contributed by atoms with Crippen molar-refractivity contribution in [2.45, 2.75) is 116 Å². The molecule has 6 atom stereocenters. The molecule has 33 heavy (non-hydrogen) atoms. The Hall–Kier alpha value is -0.890. The van der Waals surface area contributed by atoms with E-state index in [4.69, 9.17) is 28.1 Å². The van der Waals surface area contributed by atoms with Gasteiger partial charge < -0.3 is 28.1 Å². The minimum atomic E-state index is -0.536. The topological polar surface area (TPSA) is 55.4 Å². The highest BCUT2D eigenvalue weighted by molar-refractivity contribution is 6.45. The monoisotopic (exact) mass is 460 g/mol. The van der Waals surface area contributed by atoms with Crippen LogP contribution in [0.25, 0.3) is 0 Å². The predicted octanol–water partition coefficient (Wildman–Crippen LogP) is 5.36. The second-order valence-corrected chi connectivity index (χ2v) is 9.90. The lowest BCUT2D eigenvalue weighted by atomic mass is 9.86. The summed E-state index contributed by atoms with van der Waals surface area (Å²) in [6.07, 6.45) is 10.4. The highest BCUT2D eigenvalue weighted by Gasteiger charge is 2.58. The number of allylic oxidation sites excluding steroid dienone is 4. The van der Waals surface area contributed by atoms with Crippen molar-refractivity contribution >= 4 is 14.2 Å². The van der Waals surface area contributed by atoms with Crippen LogP contribution in [0.3, 0.4) is 0 Å². The van der Waals surface area contributed by atoms with Crippen LogP contribution in [0.2, 0.25) is 12.6 Å². The van der Waals surface area contributed by atoms with Gasteiger partial charge in [0.1, 0.15) is 18.3 Å². The summed E-state index contributed by atoms with van der Waals surface area (Å²) in [6.45, 7) is 17.2. The van der Waals surface area contributed by atoms with E-state index in [-0.39, 0.29) is 38.7 Å². The highest BCUT2D eigenvalue weighted by Crippen LogP contribution is 2.39. The molecule has 0 amide bonds. The first-order chi connectivity index (χ1) is 15.8. The van der Waals surface area contributed by atoms with Gasteiger partial charge in [-0.05, 0) is 66.0 Å². The molecule has 0 bridgehead atoms. The van der Waals surface area contributed by atoms with E-state index in [1.54, 1.807) is 0 Å². The lowest BCUT2D eigenvalue weighted by Gasteiger charge is -2.31. The minimum Gasteiger partial charge on any atom is -0.408 e. The molecule has 8 heteroatoms. The van der Waals surface area contributed by atoms with Crippen molar-refractivity contribution in [2.75, 3.05) is 6.61 Å². The van der Waals surface area contributed by atoms with Crippen LogP contribution in [0.5, 0.6) is 0 Å². The summed E-state index contributed by atoms with van der Waals surface area (Å²) in [4.78, 5) is 0. The van der Waals surface area contributed by atoms with Crippen molar-refractivity contribution in [1.82, 2.24) is 0 Å². The van der Waals surface area contributed by atoms with E-state index in [9.17, 15) is 0 Å². The van der Waals surface area contributed by atoms with E-state index in [0.29, 0.717) is 6.61 Å². The smallest absolute Gasteiger partial charge is 0.408 e. The summed E-state index contributed by atoms with van der Waals surface area (Å²) in [5.74, 6) is 0. The van der Waals surface area contributed by atoms with Crippen LogP contribution in [-0.2, 0) is 28.1 Å². The van der Waals surface area contributed by atoms with E-state index in [1.807, 2.05) is 13.0 Å². The Labute approximate surface area is 201 Å². The van der Waals surface area contributed by atoms with Crippen LogP contribution in [0.4, 0.5) is 0 Å². The predicted molar refractivity (Wildman–Crippen MR) is 133 cm³/mol. The molecule has 3 rings (SSSR count). The van der Waals surface area contributed by atoms with Gasteiger partial charge in [-0.3, -0.25) is 0 Å². The zero-order valence-corrected chi connectivity index (χ0v) is 21.4. The summed E-state index contributed by atoms with van der Waals surface area (Å²) in [5.41, 5.74) is 2.23. The van der Waals surface area contributed by atoms with Gasteiger partial charge in [-0.25, -0.2) is 0 Å². The molecule has 0 radical (unpaired) electrons. The molecule has 0 aromatic heterocycles. The average Bonchev–Trinajstić information content (AvgIpc) is 3.49. The molecule has 3 saturated heterocycles. The fourth-order valence-electron chi connectivity index (χ4n) is 4.55. The fraction of sp³-hybridized carbons (Fsp3) is 0.760. The highest BCUT2D eigenvalue weighted by atomic mass is 16.8. The lowest BCUT2D eigenvalue weighted by molar-refractivity contribution is -0.214. The molecular weight excluding hydrogens is 418 g/mol. The molecule has 0 aromatic carbocycles. The van der Waals surface area contributed by atoms with Crippen molar-refractivity contribution in [3.05, 3.63) is 36.0 Å². The van der Waals surface area contributed by atoms with E-state index < -0.39 is 11.9 Å². The van der Waals surface area contributed by atoms with Gasteiger partial charge in [-0.2, -0.15) is 0 Å². The zero-order chi connectivity index (χ0) is 24.0. The van der Waals surface area contributed by atoms with E-state index in [2.05, 4.69) is 53.3 Å². The Morgan fingerprint density at radius 1 is 1.00 bits per heavy atom. The number of fused-ring (bicyclic) bond motifs is 1. The van der Waals surface area contributed by atoms with Gasteiger partial charge in [-0.1, -0.05) is 43.2 Å². The summed E-state index contributed by atoms with van der Waals surface area (Å²) < 4.78 is 37.0. The molecule has 0 aliphatic carbocycles. The summed E-state index contributed by atoms with van der Waals surface area (Å²) in [7, 11) is -0.435. The van der Waals surface area contributed by atoms with Gasteiger partial charge in [0.25, 0.3) is 0 Å². The Morgan fingerprint density at radius 2 is 1.73 bits per heavy atom. The van der Waals surface area contributed by atoms with Crippen molar-refractivity contribution in [3.8, 4) is 0 Å². The van der Waals surface area contributed by atoms with Crippen LogP contribution in [0.1, 0.15) is 67.2 Å². The number of rotatable bonds is 12. The van der Waals surface area contributed by atoms with Crippen molar-refractivity contribution in [3.63, 3.8) is 0 Å². The van der Waals surface area contributed by atoms with Crippen LogP contribution in [0.15, 0.2) is 36.0 Å². The molecule has 3 aliphatic rings. The van der Waals surface area contributed by atoms with Gasteiger partial charge in [0.15, 0.2) is 6.29 Å². The van der Waals surface area contributed by atoms with Gasteiger partial charge in [0, 0.05) is 0 Å². The lowest BCUT2D eigenvalue weighted by Crippen LogP contribution is -2.39. The second-order valence-electron chi connectivity index (χ2n) is 9.90. The SMILES string of the molecule is C=CC(C)(CC/C=C(/C)CCC=C(C)C)OC1OC(C2COB(CC)O2)C2OB(CC)OC12. The van der Waals surface area contributed by atoms with Gasteiger partial charge in [-0.15, -0.1) is 6.58 Å². The Morgan fingerprint density at radius 3 is 2.36 bits per heavy atom. The van der Waals surface area contributed by atoms with Gasteiger partial charge in [0.05, 0.1) is 18.3 Å². The van der Waals surface area contributed by atoms with Crippen molar-refractivity contribution < 1.29 is 28.1 Å². The molecule has 6 nitrogen and oxygen atoms in total. The molecule has 0 N–H and O–H groups in total. The first-order valence-corrected chi connectivity index (χ1v) is 12.6. The van der Waals surface area contributed by atoms with Crippen LogP contribution in [-0.4, -0.2) is 57.2 Å². The molecule has 184 valence electrons. The second kappa shape index (κ2) is 12.2. The molecule has 0 spiro atoms. The maximum absolute atomic E-state index is 6.51. The number of hydrogen-bond acceptors (Lipinski definition) is 6. The number of ether oxygens (including phenoxy) is 2. The standard InChI is InChI=1S/C25H42B2O6/c1-8-25(7,16-12-15-19(6)14-11-13-18(4)5)30-24-23-22(32-27(10-3)33-23)21(29-24)20-17-28-26(9-2)31-20/h8,13,15,20-24H,1,9-12,14,16-17H2,2-7H3/b19-15-. The fourth-order valence-corrected chi connectivity index (χ4v) is 4.55. The van der Waals surface area contributed by atoms with E-state index in [0.717, 1.165) is 38.3 Å². The third-order valence-corrected chi connectivity index (χ3v) is 6.67. The van der Waals surface area contributed by atoms with Gasteiger partial charge >= 0.3 is 14.2 Å². The largest absolute Gasteiger partial charge is 0.457 e. The Balaban J connectivity index is 1.60. The Kier molecular flexibility index (Phi) is 9.86. The summed E-state index contributed by atoms with van der Waals surface area (Å²) in [6, 6.07) is 0. The molecule has 0 aromatic rings. The normalized spacial score (nSPS) is 31.6.